The van der Waals surface area contributed by atoms with Gasteiger partial charge in [0.15, 0.2) is 0 Å². The summed E-state index contributed by atoms with van der Waals surface area (Å²) in [6.07, 6.45) is 2.44. The van der Waals surface area contributed by atoms with Crippen molar-refractivity contribution in [3.05, 3.63) is 41.2 Å². The maximum atomic E-state index is 12.6. The molecule has 0 spiro atoms. The normalized spacial score (nSPS) is 13.7. The summed E-state index contributed by atoms with van der Waals surface area (Å²) in [5.74, 6) is -0.00468. The molecule has 2 heterocycles. The van der Waals surface area contributed by atoms with E-state index >= 15 is 0 Å². The summed E-state index contributed by atoms with van der Waals surface area (Å²) in [6.45, 7) is 2.58. The van der Waals surface area contributed by atoms with Gasteiger partial charge in [-0.25, -0.2) is 0 Å². The van der Waals surface area contributed by atoms with Crippen LogP contribution in [0.3, 0.4) is 0 Å². The highest BCUT2D eigenvalue weighted by Gasteiger charge is 2.28. The summed E-state index contributed by atoms with van der Waals surface area (Å²) < 4.78 is 1.71. The molecular formula is C14H16N4O. The fourth-order valence-electron chi connectivity index (χ4n) is 2.53. The summed E-state index contributed by atoms with van der Waals surface area (Å²) in [5.41, 5.74) is 10.2. The average Bonchev–Trinajstić information content (AvgIpc) is 2.96. The van der Waals surface area contributed by atoms with Crippen molar-refractivity contribution in [2.24, 2.45) is 7.05 Å². The fraction of sp³-hybridized carbons (Fsp3) is 0.286. The van der Waals surface area contributed by atoms with Crippen LogP contribution in [-0.4, -0.2) is 22.2 Å². The smallest absolute Gasteiger partial charge is 0.261 e. The number of carbonyl (C=O) groups is 1. The Balaban J connectivity index is 2.00. The number of aryl methyl sites for hydroxylation is 1. The Hall–Kier alpha value is -2.30. The molecule has 0 atom stereocenters. The van der Waals surface area contributed by atoms with Gasteiger partial charge in [-0.05, 0) is 25.5 Å². The van der Waals surface area contributed by atoms with Crippen molar-refractivity contribution < 1.29 is 4.79 Å². The van der Waals surface area contributed by atoms with Crippen LogP contribution >= 0.6 is 0 Å². The molecule has 1 aromatic heterocycles. The number of hydrogen-bond acceptors (Lipinski definition) is 3. The summed E-state index contributed by atoms with van der Waals surface area (Å²) in [4.78, 5) is 14.4. The quantitative estimate of drug-likeness (QED) is 0.787. The van der Waals surface area contributed by atoms with Gasteiger partial charge in [-0.2, -0.15) is 5.10 Å². The number of nitrogen functional groups attached to an aromatic ring is 1. The number of anilines is 2. The predicted octanol–water partition coefficient (Wildman–Crippen LogP) is 1.51. The van der Waals surface area contributed by atoms with E-state index in [1.54, 1.807) is 15.8 Å². The molecule has 0 unspecified atom stereocenters. The van der Waals surface area contributed by atoms with Crippen molar-refractivity contribution in [3.8, 4) is 0 Å². The van der Waals surface area contributed by atoms with Crippen LogP contribution in [0.5, 0.6) is 0 Å². The number of nitrogens with two attached hydrogens (primary N) is 1. The van der Waals surface area contributed by atoms with Crippen LogP contribution in [0, 0.1) is 6.92 Å². The van der Waals surface area contributed by atoms with Gasteiger partial charge < -0.3 is 10.6 Å². The number of rotatable bonds is 1. The molecule has 19 heavy (non-hydrogen) atoms. The van der Waals surface area contributed by atoms with Crippen molar-refractivity contribution in [1.29, 1.82) is 0 Å². The van der Waals surface area contributed by atoms with E-state index in [-0.39, 0.29) is 5.91 Å². The molecule has 3 rings (SSSR count). The van der Waals surface area contributed by atoms with Crippen LogP contribution in [0.4, 0.5) is 11.4 Å². The van der Waals surface area contributed by atoms with Crippen LogP contribution in [0.2, 0.25) is 0 Å². The largest absolute Gasteiger partial charge is 0.398 e. The van der Waals surface area contributed by atoms with E-state index in [1.165, 1.54) is 0 Å². The lowest BCUT2D eigenvalue weighted by Gasteiger charge is -2.17. The molecule has 1 amide bonds. The van der Waals surface area contributed by atoms with E-state index in [0.29, 0.717) is 12.1 Å². The third-order valence-electron chi connectivity index (χ3n) is 3.77. The van der Waals surface area contributed by atoms with E-state index in [4.69, 9.17) is 5.73 Å². The van der Waals surface area contributed by atoms with E-state index in [9.17, 15) is 4.79 Å². The molecular weight excluding hydrogens is 240 g/mol. The lowest BCUT2D eigenvalue weighted by molar-refractivity contribution is 0.0988. The van der Waals surface area contributed by atoms with E-state index in [1.807, 2.05) is 32.2 Å². The third-order valence-corrected chi connectivity index (χ3v) is 3.77. The first kappa shape index (κ1) is 11.8. The Morgan fingerprint density at radius 3 is 2.89 bits per heavy atom. The Morgan fingerprint density at radius 1 is 1.42 bits per heavy atom. The molecule has 1 aliphatic heterocycles. The molecule has 98 valence electrons. The lowest BCUT2D eigenvalue weighted by atomic mass is 10.1. The van der Waals surface area contributed by atoms with Gasteiger partial charge in [0.05, 0.1) is 11.8 Å². The number of carbonyl (C=O) groups excluding carboxylic acids is 1. The molecule has 2 aromatic rings. The summed E-state index contributed by atoms with van der Waals surface area (Å²) in [6, 6.07) is 5.71. The van der Waals surface area contributed by atoms with Crippen LogP contribution in [0.25, 0.3) is 0 Å². The highest BCUT2D eigenvalue weighted by atomic mass is 16.2. The molecule has 0 saturated carbocycles. The zero-order valence-corrected chi connectivity index (χ0v) is 11.1. The molecule has 5 heteroatoms. The third kappa shape index (κ3) is 1.69. The van der Waals surface area contributed by atoms with Gasteiger partial charge in [-0.3, -0.25) is 9.48 Å². The molecule has 1 aromatic carbocycles. The van der Waals surface area contributed by atoms with Crippen LogP contribution in [0.15, 0.2) is 24.4 Å². The van der Waals surface area contributed by atoms with Crippen molar-refractivity contribution in [2.75, 3.05) is 17.2 Å². The number of hydrogen-bond donors (Lipinski definition) is 1. The molecule has 1 aliphatic rings. The Morgan fingerprint density at radius 2 is 2.21 bits per heavy atom. The summed E-state index contributed by atoms with van der Waals surface area (Å²) in [7, 11) is 1.84. The molecule has 2 N–H and O–H groups in total. The molecule has 0 radical (unpaired) electrons. The minimum absolute atomic E-state index is 0.00468. The molecule has 0 saturated heterocycles. The van der Waals surface area contributed by atoms with Gasteiger partial charge in [-0.15, -0.1) is 0 Å². The van der Waals surface area contributed by atoms with Crippen LogP contribution in [0.1, 0.15) is 21.6 Å². The number of nitrogens with zero attached hydrogens (tertiary/aromatic N) is 3. The zero-order chi connectivity index (χ0) is 13.6. The maximum Gasteiger partial charge on any atom is 0.261 e. The number of fused-ring (bicyclic) bond motifs is 1. The van der Waals surface area contributed by atoms with E-state index < -0.39 is 0 Å². The van der Waals surface area contributed by atoms with Gasteiger partial charge in [0.25, 0.3) is 5.91 Å². The topological polar surface area (TPSA) is 64.2 Å². The minimum atomic E-state index is -0.00468. The highest BCUT2D eigenvalue weighted by molar-refractivity contribution is 6.08. The predicted molar refractivity (Wildman–Crippen MR) is 74.2 cm³/mol. The first-order chi connectivity index (χ1) is 9.09. The van der Waals surface area contributed by atoms with Crippen molar-refractivity contribution in [1.82, 2.24) is 9.78 Å². The fourth-order valence-corrected chi connectivity index (χ4v) is 2.53. The molecule has 0 bridgehead atoms. The monoisotopic (exact) mass is 256 g/mol. The van der Waals surface area contributed by atoms with Crippen molar-refractivity contribution in [2.45, 2.75) is 13.3 Å². The average molecular weight is 256 g/mol. The molecule has 0 fully saturated rings. The first-order valence-electron chi connectivity index (χ1n) is 6.27. The van der Waals surface area contributed by atoms with E-state index in [2.05, 4.69) is 5.10 Å². The Kier molecular flexibility index (Phi) is 2.55. The van der Waals surface area contributed by atoms with Gasteiger partial charge >= 0.3 is 0 Å². The number of benzene rings is 1. The maximum absolute atomic E-state index is 12.6. The Labute approximate surface area is 111 Å². The van der Waals surface area contributed by atoms with Gasteiger partial charge in [0.2, 0.25) is 0 Å². The van der Waals surface area contributed by atoms with E-state index in [0.717, 1.165) is 29.1 Å². The van der Waals surface area contributed by atoms with Gasteiger partial charge in [-0.1, -0.05) is 6.07 Å². The number of amides is 1. The molecule has 0 aliphatic carbocycles. The van der Waals surface area contributed by atoms with Crippen LogP contribution in [-0.2, 0) is 13.5 Å². The second-order valence-corrected chi connectivity index (χ2v) is 4.82. The standard InChI is InChI=1S/C14H16N4O/c1-9-11(8-16-17(9)2)14(19)18-7-6-10-12(15)4-3-5-13(10)18/h3-5,8H,6-7,15H2,1-2H3. The minimum Gasteiger partial charge on any atom is -0.398 e. The summed E-state index contributed by atoms with van der Waals surface area (Å²) >= 11 is 0. The zero-order valence-electron chi connectivity index (χ0n) is 11.1. The highest BCUT2D eigenvalue weighted by Crippen LogP contribution is 2.33. The summed E-state index contributed by atoms with van der Waals surface area (Å²) in [5, 5.41) is 4.13. The molecule has 5 nitrogen and oxygen atoms in total. The SMILES string of the molecule is Cc1c(C(=O)N2CCc3c(N)cccc32)cnn1C. The van der Waals surface area contributed by atoms with Crippen molar-refractivity contribution in [3.63, 3.8) is 0 Å². The van der Waals surface area contributed by atoms with Gasteiger partial charge in [0, 0.05) is 36.2 Å². The van der Waals surface area contributed by atoms with Gasteiger partial charge in [0.1, 0.15) is 0 Å². The second-order valence-electron chi connectivity index (χ2n) is 4.82. The Bertz CT molecular complexity index is 659. The first-order valence-corrected chi connectivity index (χ1v) is 6.27. The number of aromatic nitrogens is 2. The second kappa shape index (κ2) is 4.12. The van der Waals surface area contributed by atoms with Crippen molar-refractivity contribution >= 4 is 17.3 Å². The van der Waals surface area contributed by atoms with Crippen LogP contribution < -0.4 is 10.6 Å². The lowest BCUT2D eigenvalue weighted by Crippen LogP contribution is -2.29.